The van der Waals surface area contributed by atoms with Gasteiger partial charge in [-0.3, -0.25) is 0 Å². The van der Waals surface area contributed by atoms with Crippen molar-refractivity contribution in [3.05, 3.63) is 42.0 Å². The molecule has 2 N–H and O–H groups in total. The summed E-state index contributed by atoms with van der Waals surface area (Å²) < 4.78 is 7.63. The molecule has 106 valence electrons. The molecule has 6 heteroatoms. The van der Waals surface area contributed by atoms with Crippen molar-refractivity contribution in [2.24, 2.45) is 11.7 Å². The zero-order valence-corrected chi connectivity index (χ0v) is 12.4. The van der Waals surface area contributed by atoms with Gasteiger partial charge in [0.15, 0.2) is 5.82 Å². The van der Waals surface area contributed by atoms with Crippen molar-refractivity contribution in [1.82, 2.24) is 14.8 Å². The van der Waals surface area contributed by atoms with Crippen LogP contribution < -0.4 is 10.5 Å². The number of rotatable bonds is 6. The number of aromatic nitrogens is 3. The summed E-state index contributed by atoms with van der Waals surface area (Å²) in [7, 11) is 0. The zero-order chi connectivity index (χ0) is 14.5. The number of para-hydroxylation sites is 1. The van der Waals surface area contributed by atoms with Gasteiger partial charge in [0.05, 0.1) is 5.56 Å². The highest BCUT2D eigenvalue weighted by molar-refractivity contribution is 7.80. The molecule has 0 aliphatic heterocycles. The highest BCUT2D eigenvalue weighted by Crippen LogP contribution is 2.18. The molecule has 0 spiro atoms. The van der Waals surface area contributed by atoms with E-state index in [4.69, 9.17) is 22.7 Å². The number of benzene rings is 1. The molecule has 0 amide bonds. The van der Waals surface area contributed by atoms with E-state index >= 15 is 0 Å². The molecule has 0 aliphatic rings. The van der Waals surface area contributed by atoms with E-state index in [-0.39, 0.29) is 0 Å². The maximum absolute atomic E-state index is 5.77. The van der Waals surface area contributed by atoms with Gasteiger partial charge in [0.2, 0.25) is 0 Å². The van der Waals surface area contributed by atoms with E-state index in [1.807, 2.05) is 28.9 Å². The number of hydrogen-bond acceptors (Lipinski definition) is 4. The molecule has 0 radical (unpaired) electrons. The van der Waals surface area contributed by atoms with Gasteiger partial charge in [-0.1, -0.05) is 38.2 Å². The van der Waals surface area contributed by atoms with Crippen LogP contribution in [-0.4, -0.2) is 19.8 Å². The summed E-state index contributed by atoms with van der Waals surface area (Å²) in [6.07, 6.45) is 1.54. The molecule has 0 fully saturated rings. The Labute approximate surface area is 123 Å². The van der Waals surface area contributed by atoms with Crippen LogP contribution in [0.4, 0.5) is 0 Å². The maximum Gasteiger partial charge on any atom is 0.164 e. The minimum atomic E-state index is 0.323. The summed E-state index contributed by atoms with van der Waals surface area (Å²) in [6.45, 7) is 5.42. The third kappa shape index (κ3) is 3.54. The van der Waals surface area contributed by atoms with E-state index in [1.54, 1.807) is 6.33 Å². The lowest BCUT2D eigenvalue weighted by molar-refractivity contribution is 0.282. The first-order chi connectivity index (χ1) is 9.58. The highest BCUT2D eigenvalue weighted by atomic mass is 32.1. The van der Waals surface area contributed by atoms with Crippen molar-refractivity contribution < 1.29 is 4.74 Å². The Morgan fingerprint density at radius 2 is 2.15 bits per heavy atom. The zero-order valence-electron chi connectivity index (χ0n) is 11.6. The Morgan fingerprint density at radius 1 is 1.40 bits per heavy atom. The van der Waals surface area contributed by atoms with Crippen molar-refractivity contribution in [2.75, 3.05) is 0 Å². The molecule has 0 atom stereocenters. The molecule has 0 unspecified atom stereocenters. The van der Waals surface area contributed by atoms with Crippen LogP contribution in [0.15, 0.2) is 30.6 Å². The topological polar surface area (TPSA) is 66.0 Å². The van der Waals surface area contributed by atoms with E-state index in [2.05, 4.69) is 23.9 Å². The minimum absolute atomic E-state index is 0.323. The first-order valence-corrected chi connectivity index (χ1v) is 6.87. The first-order valence-electron chi connectivity index (χ1n) is 6.46. The molecule has 0 saturated heterocycles. The van der Waals surface area contributed by atoms with Crippen molar-refractivity contribution in [3.8, 4) is 5.75 Å². The standard InChI is InChI=1S/C14H18N4OS/c1-10(2)7-18-13(16-9-17-18)8-19-12-6-4-3-5-11(12)14(15)20/h3-6,9-10H,7-8H2,1-2H3,(H2,15,20). The molecule has 1 aromatic heterocycles. The summed E-state index contributed by atoms with van der Waals surface area (Å²) in [4.78, 5) is 4.54. The first kappa shape index (κ1) is 14.5. The average Bonchev–Trinajstić information content (AvgIpc) is 2.83. The van der Waals surface area contributed by atoms with Crippen LogP contribution in [0.3, 0.4) is 0 Å². The normalized spacial score (nSPS) is 10.8. The van der Waals surface area contributed by atoms with E-state index in [9.17, 15) is 0 Å². The van der Waals surface area contributed by atoms with E-state index in [0.29, 0.717) is 23.3 Å². The lowest BCUT2D eigenvalue weighted by Crippen LogP contribution is -2.14. The lowest BCUT2D eigenvalue weighted by atomic mass is 10.2. The molecular weight excluding hydrogens is 272 g/mol. The largest absolute Gasteiger partial charge is 0.485 e. The number of nitrogens with zero attached hydrogens (tertiary/aromatic N) is 3. The third-order valence-corrected chi connectivity index (χ3v) is 2.96. The molecule has 2 aromatic rings. The van der Waals surface area contributed by atoms with Crippen molar-refractivity contribution in [3.63, 3.8) is 0 Å². The Morgan fingerprint density at radius 3 is 2.85 bits per heavy atom. The fourth-order valence-corrected chi connectivity index (χ4v) is 2.01. The van der Waals surface area contributed by atoms with Crippen LogP contribution in [0.5, 0.6) is 5.75 Å². The summed E-state index contributed by atoms with van der Waals surface area (Å²) >= 11 is 5.01. The Balaban J connectivity index is 2.10. The molecular formula is C14H18N4OS. The molecule has 0 bridgehead atoms. The molecule has 1 aromatic carbocycles. The van der Waals surface area contributed by atoms with Gasteiger partial charge < -0.3 is 10.5 Å². The van der Waals surface area contributed by atoms with Gasteiger partial charge in [0.25, 0.3) is 0 Å². The smallest absolute Gasteiger partial charge is 0.164 e. The number of ether oxygens (including phenoxy) is 1. The lowest BCUT2D eigenvalue weighted by Gasteiger charge is -2.12. The van der Waals surface area contributed by atoms with Gasteiger partial charge in [0, 0.05) is 6.54 Å². The number of thiocarbonyl (C=S) groups is 1. The van der Waals surface area contributed by atoms with Crippen LogP contribution in [0.25, 0.3) is 0 Å². The quantitative estimate of drug-likeness (QED) is 0.826. The average molecular weight is 290 g/mol. The molecule has 0 aliphatic carbocycles. The van der Waals surface area contributed by atoms with Crippen LogP contribution in [-0.2, 0) is 13.2 Å². The summed E-state index contributed by atoms with van der Waals surface area (Å²) in [5, 5.41) is 4.20. The van der Waals surface area contributed by atoms with Gasteiger partial charge in [-0.05, 0) is 18.1 Å². The van der Waals surface area contributed by atoms with Gasteiger partial charge in [-0.2, -0.15) is 5.10 Å². The maximum atomic E-state index is 5.77. The number of hydrogen-bond donors (Lipinski definition) is 1. The molecule has 2 rings (SSSR count). The van der Waals surface area contributed by atoms with Gasteiger partial charge in [0.1, 0.15) is 23.7 Å². The van der Waals surface area contributed by atoms with E-state index in [1.165, 1.54) is 0 Å². The van der Waals surface area contributed by atoms with Crippen molar-refractivity contribution in [1.29, 1.82) is 0 Å². The molecule has 0 saturated carbocycles. The van der Waals surface area contributed by atoms with Gasteiger partial charge >= 0.3 is 0 Å². The van der Waals surface area contributed by atoms with E-state index < -0.39 is 0 Å². The molecule has 20 heavy (non-hydrogen) atoms. The second-order valence-corrected chi connectivity index (χ2v) is 5.34. The Kier molecular flexibility index (Phi) is 4.68. The second kappa shape index (κ2) is 6.47. The van der Waals surface area contributed by atoms with Crippen LogP contribution in [0, 0.1) is 5.92 Å². The number of nitrogens with two attached hydrogens (primary N) is 1. The summed E-state index contributed by atoms with van der Waals surface area (Å²) in [6, 6.07) is 7.45. The Hall–Kier alpha value is -1.95. The van der Waals surface area contributed by atoms with E-state index in [0.717, 1.165) is 17.9 Å². The molecule has 1 heterocycles. The SMILES string of the molecule is CC(C)Cn1ncnc1COc1ccccc1C(N)=S. The minimum Gasteiger partial charge on any atom is -0.485 e. The fourth-order valence-electron chi connectivity index (χ4n) is 1.84. The van der Waals surface area contributed by atoms with Crippen LogP contribution in [0.2, 0.25) is 0 Å². The summed E-state index contributed by atoms with van der Waals surface area (Å²) in [5.74, 6) is 1.95. The predicted octanol–water partition coefficient (Wildman–Crippen LogP) is 2.15. The van der Waals surface area contributed by atoms with Gasteiger partial charge in [-0.15, -0.1) is 0 Å². The third-order valence-electron chi connectivity index (χ3n) is 2.74. The Bertz CT molecular complexity index is 594. The van der Waals surface area contributed by atoms with Gasteiger partial charge in [-0.25, -0.2) is 9.67 Å². The van der Waals surface area contributed by atoms with Crippen LogP contribution >= 0.6 is 12.2 Å². The van der Waals surface area contributed by atoms with Crippen molar-refractivity contribution >= 4 is 17.2 Å². The van der Waals surface area contributed by atoms with Crippen LogP contribution in [0.1, 0.15) is 25.2 Å². The van der Waals surface area contributed by atoms with Crippen molar-refractivity contribution in [2.45, 2.75) is 27.0 Å². The predicted molar refractivity (Wildman–Crippen MR) is 81.5 cm³/mol. The highest BCUT2D eigenvalue weighted by Gasteiger charge is 2.09. The fraction of sp³-hybridized carbons (Fsp3) is 0.357. The molecule has 5 nitrogen and oxygen atoms in total. The monoisotopic (exact) mass is 290 g/mol. The summed E-state index contributed by atoms with van der Waals surface area (Å²) in [5.41, 5.74) is 6.41. The second-order valence-electron chi connectivity index (χ2n) is 4.90.